The van der Waals surface area contributed by atoms with E-state index in [0.717, 1.165) is 49.9 Å². The number of hydrogen-bond acceptors (Lipinski definition) is 8. The van der Waals surface area contributed by atoms with Crippen molar-refractivity contribution < 1.29 is 33.6 Å². The zero-order valence-corrected chi connectivity index (χ0v) is 25.0. The van der Waals surface area contributed by atoms with E-state index in [1.807, 2.05) is 24.3 Å². The normalized spacial score (nSPS) is 13.5. The van der Waals surface area contributed by atoms with Gasteiger partial charge in [0.2, 0.25) is 5.75 Å². The van der Waals surface area contributed by atoms with Crippen LogP contribution in [0.4, 0.5) is 0 Å². The number of methoxy groups -OCH3 is 3. The first-order valence-corrected chi connectivity index (χ1v) is 14.3. The van der Waals surface area contributed by atoms with E-state index < -0.39 is 0 Å². The zero-order chi connectivity index (χ0) is 29.9. The Labute approximate surface area is 248 Å². The lowest BCUT2D eigenvalue weighted by Gasteiger charge is -2.20. The third-order valence-electron chi connectivity index (χ3n) is 7.22. The number of nitrogens with zero attached hydrogens (tertiary/aromatic N) is 1. The smallest absolute Gasteiger partial charge is 0.203 e. The average Bonchev–Trinajstić information content (AvgIpc) is 2.99. The van der Waals surface area contributed by atoms with Gasteiger partial charge in [-0.05, 0) is 80.0 Å². The summed E-state index contributed by atoms with van der Waals surface area (Å²) in [5.41, 5.74) is 2.93. The number of rotatable bonds is 15. The lowest BCUT2D eigenvalue weighted by molar-refractivity contribution is 0.100. The van der Waals surface area contributed by atoms with E-state index in [1.54, 1.807) is 57.7 Å². The number of phenolic OH excluding ortho intramolecular Hbond substituents is 1. The van der Waals surface area contributed by atoms with Gasteiger partial charge < -0.3 is 33.7 Å². The fourth-order valence-corrected chi connectivity index (χ4v) is 5.04. The van der Waals surface area contributed by atoms with Crippen LogP contribution < -0.4 is 23.7 Å². The number of hydrogen-bond donors (Lipinski definition) is 1. The Hall–Kier alpha value is -4.17. The highest BCUT2D eigenvalue weighted by Gasteiger charge is 2.24. The van der Waals surface area contributed by atoms with Gasteiger partial charge in [-0.3, -0.25) is 4.79 Å². The summed E-state index contributed by atoms with van der Waals surface area (Å²) >= 11 is 0. The maximum Gasteiger partial charge on any atom is 0.203 e. The number of phenols is 1. The number of aromatic hydroxyl groups is 1. The van der Waals surface area contributed by atoms with E-state index in [2.05, 4.69) is 11.9 Å². The molecule has 4 rings (SSSR count). The fraction of sp³-hybridized carbons (Fsp3) is 0.382. The third-order valence-corrected chi connectivity index (χ3v) is 7.22. The van der Waals surface area contributed by atoms with Crippen LogP contribution in [0, 0.1) is 0 Å². The Kier molecular flexibility index (Phi) is 11.1. The van der Waals surface area contributed by atoms with Gasteiger partial charge in [0.1, 0.15) is 23.9 Å². The molecule has 0 radical (unpaired) electrons. The highest BCUT2D eigenvalue weighted by Crippen LogP contribution is 2.39. The minimum absolute atomic E-state index is 0.0795. The fourth-order valence-electron chi connectivity index (χ4n) is 5.04. The third kappa shape index (κ3) is 8.19. The van der Waals surface area contributed by atoms with Crippen LogP contribution in [-0.4, -0.2) is 63.9 Å². The predicted molar refractivity (Wildman–Crippen MR) is 163 cm³/mol. The molecule has 1 N–H and O–H groups in total. The predicted octanol–water partition coefficient (Wildman–Crippen LogP) is 6.54. The molecule has 3 aromatic carbocycles. The molecule has 1 aliphatic heterocycles. The highest BCUT2D eigenvalue weighted by atomic mass is 16.5. The van der Waals surface area contributed by atoms with Gasteiger partial charge in [-0.25, -0.2) is 0 Å². The standard InChI is InChI=1S/C34H41NO7/c1-35(22-24-11-10-12-27(36)18-24)15-8-6-5-7-9-16-41-28-13-14-29-30(21-28)42-23-26(33(29)37)17-25-19-31(38-2)34(40-4)32(20-25)39-3/h10-14,17-21,36H,5-9,15-16,22-23H2,1-4H3/b26-17+. The molecule has 0 fully saturated rings. The van der Waals surface area contributed by atoms with E-state index in [4.69, 9.17) is 23.7 Å². The Bertz CT molecular complexity index is 1360. The van der Waals surface area contributed by atoms with E-state index in [0.29, 0.717) is 52.2 Å². The van der Waals surface area contributed by atoms with Crippen molar-refractivity contribution in [1.82, 2.24) is 4.90 Å². The maximum absolute atomic E-state index is 13.2. The minimum Gasteiger partial charge on any atom is -0.508 e. The highest BCUT2D eigenvalue weighted by molar-refractivity contribution is 6.14. The Morgan fingerprint density at radius 3 is 2.36 bits per heavy atom. The van der Waals surface area contributed by atoms with Crippen LogP contribution in [0.15, 0.2) is 60.2 Å². The van der Waals surface area contributed by atoms with E-state index in [1.165, 1.54) is 6.42 Å². The number of unbranched alkanes of at least 4 members (excludes halogenated alkanes) is 4. The van der Waals surface area contributed by atoms with Crippen molar-refractivity contribution in [2.24, 2.45) is 0 Å². The summed E-state index contributed by atoms with van der Waals surface area (Å²) < 4.78 is 28.1. The summed E-state index contributed by atoms with van der Waals surface area (Å²) in [5, 5.41) is 9.61. The number of fused-ring (bicyclic) bond motifs is 1. The summed E-state index contributed by atoms with van der Waals surface area (Å²) in [6, 6.07) is 16.4. The molecule has 0 amide bonds. The SMILES string of the molecule is COc1cc(/C=C2\COc3cc(OCCCCCCCN(C)Cc4cccc(O)c4)ccc3C2=O)cc(OC)c1OC. The van der Waals surface area contributed by atoms with Crippen LogP contribution in [0.1, 0.15) is 53.6 Å². The molecule has 224 valence electrons. The first kappa shape index (κ1) is 30.8. The molecule has 1 heterocycles. The van der Waals surface area contributed by atoms with Gasteiger partial charge in [-0.2, -0.15) is 0 Å². The molecule has 1 aliphatic rings. The van der Waals surface area contributed by atoms with Crippen molar-refractivity contribution in [3.8, 4) is 34.5 Å². The monoisotopic (exact) mass is 575 g/mol. The summed E-state index contributed by atoms with van der Waals surface area (Å²) in [7, 11) is 6.78. The second-order valence-corrected chi connectivity index (χ2v) is 10.4. The number of benzene rings is 3. The topological polar surface area (TPSA) is 86.7 Å². The van der Waals surface area contributed by atoms with E-state index >= 15 is 0 Å². The number of ketones is 1. The zero-order valence-electron chi connectivity index (χ0n) is 25.0. The molecule has 8 nitrogen and oxygen atoms in total. The first-order valence-electron chi connectivity index (χ1n) is 14.3. The molecule has 8 heteroatoms. The Morgan fingerprint density at radius 1 is 0.905 bits per heavy atom. The summed E-state index contributed by atoms with van der Waals surface area (Å²) in [5.74, 6) is 3.01. The summed E-state index contributed by atoms with van der Waals surface area (Å²) in [4.78, 5) is 15.5. The number of carbonyl (C=O) groups is 1. The molecule has 0 spiro atoms. The van der Waals surface area contributed by atoms with Crippen LogP contribution >= 0.6 is 0 Å². The molecule has 0 atom stereocenters. The molecular weight excluding hydrogens is 534 g/mol. The minimum atomic E-state index is -0.0795. The van der Waals surface area contributed by atoms with Gasteiger partial charge in [0, 0.05) is 18.2 Å². The van der Waals surface area contributed by atoms with Gasteiger partial charge in [-0.1, -0.05) is 31.4 Å². The average molecular weight is 576 g/mol. The number of carbonyl (C=O) groups excluding carboxylic acids is 1. The van der Waals surface area contributed by atoms with Crippen molar-refractivity contribution in [2.45, 2.75) is 38.6 Å². The van der Waals surface area contributed by atoms with Crippen molar-refractivity contribution in [3.05, 3.63) is 76.9 Å². The molecular formula is C34H41NO7. The molecule has 42 heavy (non-hydrogen) atoms. The Morgan fingerprint density at radius 2 is 1.64 bits per heavy atom. The molecule has 0 aromatic heterocycles. The molecule has 0 unspecified atom stereocenters. The van der Waals surface area contributed by atoms with Gasteiger partial charge >= 0.3 is 0 Å². The van der Waals surface area contributed by atoms with E-state index in [-0.39, 0.29) is 12.4 Å². The molecule has 3 aromatic rings. The largest absolute Gasteiger partial charge is 0.508 e. The van der Waals surface area contributed by atoms with E-state index in [9.17, 15) is 9.90 Å². The van der Waals surface area contributed by atoms with Crippen LogP contribution in [0.5, 0.6) is 34.5 Å². The molecule has 0 bridgehead atoms. The van der Waals surface area contributed by atoms with Crippen molar-refractivity contribution in [2.75, 3.05) is 48.1 Å². The van der Waals surface area contributed by atoms with Gasteiger partial charge in [-0.15, -0.1) is 0 Å². The van der Waals surface area contributed by atoms with Crippen LogP contribution in [0.2, 0.25) is 0 Å². The lowest BCUT2D eigenvalue weighted by Crippen LogP contribution is -2.19. The van der Waals surface area contributed by atoms with Gasteiger partial charge in [0.25, 0.3) is 0 Å². The van der Waals surface area contributed by atoms with Crippen molar-refractivity contribution in [1.29, 1.82) is 0 Å². The second kappa shape index (κ2) is 15.2. The van der Waals surface area contributed by atoms with Crippen LogP contribution in [-0.2, 0) is 6.54 Å². The Balaban J connectivity index is 1.20. The first-order chi connectivity index (χ1) is 20.4. The lowest BCUT2D eigenvalue weighted by atomic mass is 9.98. The van der Waals surface area contributed by atoms with Crippen molar-refractivity contribution in [3.63, 3.8) is 0 Å². The van der Waals surface area contributed by atoms with Gasteiger partial charge in [0.15, 0.2) is 17.3 Å². The van der Waals surface area contributed by atoms with Gasteiger partial charge in [0.05, 0.1) is 33.5 Å². The van der Waals surface area contributed by atoms with Crippen LogP contribution in [0.3, 0.4) is 0 Å². The molecule has 0 saturated carbocycles. The summed E-state index contributed by atoms with van der Waals surface area (Å²) in [6.07, 6.45) is 7.33. The quantitative estimate of drug-likeness (QED) is 0.162. The van der Waals surface area contributed by atoms with Crippen molar-refractivity contribution >= 4 is 11.9 Å². The molecule has 0 aliphatic carbocycles. The summed E-state index contributed by atoms with van der Waals surface area (Å²) in [6.45, 7) is 2.65. The maximum atomic E-state index is 13.2. The molecule has 0 saturated heterocycles. The number of ether oxygens (including phenoxy) is 5. The second-order valence-electron chi connectivity index (χ2n) is 10.4. The van der Waals surface area contributed by atoms with Crippen LogP contribution in [0.25, 0.3) is 6.08 Å². The number of Topliss-reactive ketones (excluding diaryl/α,β-unsaturated/α-hetero) is 1.